The molecule has 6 rings (SSSR count). The van der Waals surface area contributed by atoms with Gasteiger partial charge in [0.15, 0.2) is 0 Å². The molecule has 4 heteroatoms. The number of rotatable bonds is 2. The quantitative estimate of drug-likeness (QED) is 0.392. The summed E-state index contributed by atoms with van der Waals surface area (Å²) in [6.07, 6.45) is 3.63. The number of furan rings is 1. The van der Waals surface area contributed by atoms with Crippen molar-refractivity contribution in [2.45, 2.75) is 12.5 Å². The van der Waals surface area contributed by atoms with Gasteiger partial charge in [-0.05, 0) is 60.1 Å². The number of benzene rings is 3. The van der Waals surface area contributed by atoms with E-state index in [0.29, 0.717) is 5.92 Å². The van der Waals surface area contributed by atoms with Crippen molar-refractivity contribution >= 4 is 22.0 Å². The molecule has 1 unspecified atom stereocenters. The molecule has 30 heavy (non-hydrogen) atoms. The Labute approximate surface area is 174 Å². The van der Waals surface area contributed by atoms with Gasteiger partial charge >= 0.3 is 0 Å². The van der Waals surface area contributed by atoms with Gasteiger partial charge in [0.25, 0.3) is 0 Å². The van der Waals surface area contributed by atoms with Crippen LogP contribution in [0.4, 0.5) is 0 Å². The van der Waals surface area contributed by atoms with Crippen LogP contribution in [-0.4, -0.2) is 28.5 Å². The molecule has 3 heterocycles. The number of para-hydroxylation sites is 2. The van der Waals surface area contributed by atoms with Gasteiger partial charge in [-0.1, -0.05) is 30.3 Å². The molecule has 3 aromatic carbocycles. The molecule has 4 nitrogen and oxygen atoms in total. The molecule has 0 amide bonds. The highest BCUT2D eigenvalue weighted by atomic mass is 16.3. The van der Waals surface area contributed by atoms with E-state index in [1.807, 2.05) is 36.5 Å². The smallest absolute Gasteiger partial charge is 0.133 e. The molecular weight excluding hydrogens is 370 g/mol. The monoisotopic (exact) mass is 391 g/mol. The number of hydrogen-bond acceptors (Lipinski definition) is 4. The van der Waals surface area contributed by atoms with Crippen LogP contribution in [-0.2, 0) is 6.54 Å². The van der Waals surface area contributed by atoms with E-state index in [2.05, 4.69) is 53.3 Å². The van der Waals surface area contributed by atoms with Crippen LogP contribution in [0.25, 0.3) is 33.3 Å². The van der Waals surface area contributed by atoms with E-state index in [0.717, 1.165) is 46.3 Å². The molecule has 0 saturated carbocycles. The van der Waals surface area contributed by atoms with Gasteiger partial charge in [0.1, 0.15) is 5.58 Å². The van der Waals surface area contributed by atoms with Crippen molar-refractivity contribution < 1.29 is 4.42 Å². The van der Waals surface area contributed by atoms with E-state index < -0.39 is 0 Å². The van der Waals surface area contributed by atoms with Crippen molar-refractivity contribution in [1.82, 2.24) is 14.9 Å². The SMILES string of the molecule is CN1Cc2cc(-c3cnc4ccccc4n3)ccc2C(c2ccc3occc3c2)C1. The van der Waals surface area contributed by atoms with Crippen LogP contribution in [0.3, 0.4) is 0 Å². The van der Waals surface area contributed by atoms with E-state index in [-0.39, 0.29) is 0 Å². The number of hydrogen-bond donors (Lipinski definition) is 0. The summed E-state index contributed by atoms with van der Waals surface area (Å²) in [6.45, 7) is 1.94. The lowest BCUT2D eigenvalue weighted by atomic mass is 9.83. The Kier molecular flexibility index (Phi) is 3.93. The summed E-state index contributed by atoms with van der Waals surface area (Å²) < 4.78 is 5.52. The molecule has 0 fully saturated rings. The van der Waals surface area contributed by atoms with E-state index in [9.17, 15) is 0 Å². The lowest BCUT2D eigenvalue weighted by Gasteiger charge is -2.33. The summed E-state index contributed by atoms with van der Waals surface area (Å²) in [5, 5.41) is 1.16. The number of nitrogens with zero attached hydrogens (tertiary/aromatic N) is 3. The molecular formula is C26H21N3O. The number of aromatic nitrogens is 2. The zero-order valence-corrected chi connectivity index (χ0v) is 16.7. The van der Waals surface area contributed by atoms with Gasteiger partial charge in [-0.15, -0.1) is 0 Å². The Balaban J connectivity index is 1.43. The largest absolute Gasteiger partial charge is 0.464 e. The van der Waals surface area contributed by atoms with Crippen LogP contribution in [0.5, 0.6) is 0 Å². The van der Waals surface area contributed by atoms with E-state index >= 15 is 0 Å². The van der Waals surface area contributed by atoms with Crippen molar-refractivity contribution in [3.63, 3.8) is 0 Å². The third-order valence-corrected chi connectivity index (χ3v) is 6.08. The minimum Gasteiger partial charge on any atom is -0.464 e. The molecule has 146 valence electrons. The molecule has 0 bridgehead atoms. The molecule has 0 radical (unpaired) electrons. The van der Waals surface area contributed by atoms with Crippen LogP contribution in [0, 0.1) is 0 Å². The second kappa shape index (κ2) is 6.78. The molecule has 5 aromatic rings. The fourth-order valence-electron chi connectivity index (χ4n) is 4.59. The van der Waals surface area contributed by atoms with Crippen LogP contribution in [0.1, 0.15) is 22.6 Å². The average Bonchev–Trinajstić information content (AvgIpc) is 3.25. The van der Waals surface area contributed by atoms with Gasteiger partial charge in [-0.3, -0.25) is 4.98 Å². The maximum atomic E-state index is 5.52. The zero-order valence-electron chi connectivity index (χ0n) is 16.7. The van der Waals surface area contributed by atoms with Gasteiger partial charge in [-0.2, -0.15) is 0 Å². The van der Waals surface area contributed by atoms with E-state index in [1.165, 1.54) is 16.7 Å². The minimum absolute atomic E-state index is 0.342. The molecule has 0 saturated heterocycles. The standard InChI is InChI=1S/C26H21N3O/c1-29-15-20-13-18(25-14-27-23-4-2-3-5-24(23)28-25)6-8-21(20)22(16-29)17-7-9-26-19(12-17)10-11-30-26/h2-14,22H,15-16H2,1H3. The highest BCUT2D eigenvalue weighted by Crippen LogP contribution is 2.36. The fraction of sp³-hybridized carbons (Fsp3) is 0.154. The first kappa shape index (κ1) is 17.4. The Bertz CT molecular complexity index is 1390. The second-order valence-electron chi connectivity index (χ2n) is 8.12. The maximum absolute atomic E-state index is 5.52. The van der Waals surface area contributed by atoms with Crippen molar-refractivity contribution in [2.24, 2.45) is 0 Å². The maximum Gasteiger partial charge on any atom is 0.133 e. The van der Waals surface area contributed by atoms with Gasteiger partial charge in [0.2, 0.25) is 0 Å². The topological polar surface area (TPSA) is 42.2 Å². The summed E-state index contributed by atoms with van der Waals surface area (Å²) in [6, 6.07) is 23.3. The summed E-state index contributed by atoms with van der Waals surface area (Å²) in [5.74, 6) is 0.342. The highest BCUT2D eigenvalue weighted by Gasteiger charge is 2.25. The van der Waals surface area contributed by atoms with Gasteiger partial charge in [0, 0.05) is 30.0 Å². The normalized spacial score (nSPS) is 16.8. The number of likely N-dealkylation sites (N-methyl/N-ethyl adjacent to an activating group) is 1. The predicted octanol–water partition coefficient (Wildman–Crippen LogP) is 5.62. The van der Waals surface area contributed by atoms with Crippen molar-refractivity contribution in [3.05, 3.63) is 95.9 Å². The van der Waals surface area contributed by atoms with Crippen LogP contribution >= 0.6 is 0 Å². The Morgan fingerprint density at radius 2 is 1.87 bits per heavy atom. The zero-order chi connectivity index (χ0) is 20.1. The molecule has 0 N–H and O–H groups in total. The molecule has 0 aliphatic carbocycles. The van der Waals surface area contributed by atoms with E-state index in [1.54, 1.807) is 6.26 Å². The van der Waals surface area contributed by atoms with Gasteiger partial charge in [0.05, 0.1) is 29.2 Å². The van der Waals surface area contributed by atoms with Crippen LogP contribution in [0.15, 0.2) is 83.6 Å². The Morgan fingerprint density at radius 3 is 2.80 bits per heavy atom. The molecule has 2 aromatic heterocycles. The van der Waals surface area contributed by atoms with Gasteiger partial charge < -0.3 is 9.32 Å². The van der Waals surface area contributed by atoms with Crippen molar-refractivity contribution in [1.29, 1.82) is 0 Å². The predicted molar refractivity (Wildman–Crippen MR) is 119 cm³/mol. The highest BCUT2D eigenvalue weighted by molar-refractivity contribution is 5.79. The summed E-state index contributed by atoms with van der Waals surface area (Å²) in [4.78, 5) is 11.8. The first-order valence-electron chi connectivity index (χ1n) is 10.3. The average molecular weight is 391 g/mol. The third kappa shape index (κ3) is 2.88. The molecule has 1 aliphatic heterocycles. The van der Waals surface area contributed by atoms with E-state index in [4.69, 9.17) is 9.40 Å². The third-order valence-electron chi connectivity index (χ3n) is 6.08. The van der Waals surface area contributed by atoms with Crippen molar-refractivity contribution in [3.8, 4) is 11.3 Å². The second-order valence-corrected chi connectivity index (χ2v) is 8.12. The number of fused-ring (bicyclic) bond motifs is 3. The summed E-state index contributed by atoms with van der Waals surface area (Å²) >= 11 is 0. The van der Waals surface area contributed by atoms with Gasteiger partial charge in [-0.25, -0.2) is 4.98 Å². The van der Waals surface area contributed by atoms with Crippen molar-refractivity contribution in [2.75, 3.05) is 13.6 Å². The lowest BCUT2D eigenvalue weighted by Crippen LogP contribution is -2.31. The lowest BCUT2D eigenvalue weighted by molar-refractivity contribution is 0.295. The Hall–Kier alpha value is -3.50. The molecule has 1 aliphatic rings. The first-order valence-corrected chi connectivity index (χ1v) is 10.3. The first-order chi connectivity index (χ1) is 14.7. The summed E-state index contributed by atoms with van der Waals surface area (Å²) in [5.41, 5.74) is 8.91. The molecule has 0 spiro atoms. The fourth-order valence-corrected chi connectivity index (χ4v) is 4.59. The minimum atomic E-state index is 0.342. The molecule has 1 atom stereocenters. The Morgan fingerprint density at radius 1 is 0.967 bits per heavy atom. The van der Waals surface area contributed by atoms with Crippen LogP contribution < -0.4 is 0 Å². The summed E-state index contributed by atoms with van der Waals surface area (Å²) in [7, 11) is 2.19. The van der Waals surface area contributed by atoms with Crippen LogP contribution in [0.2, 0.25) is 0 Å².